The van der Waals surface area contributed by atoms with E-state index in [0.717, 1.165) is 67.5 Å². The van der Waals surface area contributed by atoms with E-state index in [1.807, 2.05) is 61.8 Å². The predicted octanol–water partition coefficient (Wildman–Crippen LogP) is 8.72. The number of pyridine rings is 2. The number of para-hydroxylation sites is 2. The van der Waals surface area contributed by atoms with Crippen LogP contribution in [0.2, 0.25) is 0 Å². The average molecular weight is 825 g/mol. The number of nitrogens with zero attached hydrogens (tertiary/aromatic N) is 2. The third-order valence-corrected chi connectivity index (χ3v) is 9.32. The van der Waals surface area contributed by atoms with E-state index < -0.39 is 0 Å². The van der Waals surface area contributed by atoms with Crippen LogP contribution in [0.15, 0.2) is 128 Å². The summed E-state index contributed by atoms with van der Waals surface area (Å²) >= 11 is 0. The number of ether oxygens (including phenoxy) is 2. The van der Waals surface area contributed by atoms with Crippen LogP contribution in [0, 0.1) is 39.8 Å². The molecule has 0 aliphatic carbocycles. The molecule has 2 aromatic heterocycles. The van der Waals surface area contributed by atoms with Gasteiger partial charge in [0.25, 0.3) is 0 Å². The third-order valence-electron chi connectivity index (χ3n) is 9.32. The summed E-state index contributed by atoms with van der Waals surface area (Å²) in [7, 11) is 0. The third kappa shape index (κ3) is 6.17. The molecule has 0 saturated heterocycles. The van der Waals surface area contributed by atoms with Crippen molar-refractivity contribution in [1.82, 2.24) is 9.97 Å². The van der Waals surface area contributed by atoms with Crippen molar-refractivity contribution in [1.29, 1.82) is 0 Å². The van der Waals surface area contributed by atoms with Crippen molar-refractivity contribution < 1.29 is 29.6 Å². The molecule has 0 N–H and O–H groups in total. The van der Waals surface area contributed by atoms with E-state index in [-0.39, 0.29) is 26.8 Å². The number of benzene rings is 5. The van der Waals surface area contributed by atoms with Crippen LogP contribution in [-0.2, 0) is 20.1 Å². The summed E-state index contributed by atoms with van der Waals surface area (Å²) in [5, 5.41) is 0. The maximum absolute atomic E-state index is 6.40. The molecule has 0 unspecified atom stereocenters. The Morgan fingerprint density at radius 3 is 1.96 bits per heavy atom. The summed E-state index contributed by atoms with van der Waals surface area (Å²) in [6.07, 6.45) is 3.80. The van der Waals surface area contributed by atoms with E-state index in [1.54, 1.807) is 0 Å². The molecule has 245 valence electrons. The topological polar surface area (TPSA) is 44.2 Å². The number of aromatic nitrogens is 2. The van der Waals surface area contributed by atoms with Gasteiger partial charge in [-0.3, -0.25) is 0 Å². The fourth-order valence-electron chi connectivity index (χ4n) is 6.54. The van der Waals surface area contributed by atoms with E-state index in [1.165, 1.54) is 27.8 Å². The molecule has 0 spiro atoms. The summed E-state index contributed by atoms with van der Waals surface area (Å²) in [6.45, 7) is 8.42. The van der Waals surface area contributed by atoms with Crippen LogP contribution in [-0.4, -0.2) is 16.7 Å². The van der Waals surface area contributed by atoms with Gasteiger partial charge >= 0.3 is 0 Å². The molecule has 6 heteroatoms. The molecule has 2 aliphatic heterocycles. The Morgan fingerprint density at radius 1 is 0.580 bits per heavy atom. The summed E-state index contributed by atoms with van der Waals surface area (Å²) < 4.78 is 12.6. The second kappa shape index (κ2) is 13.9. The first-order valence-corrected chi connectivity index (χ1v) is 16.5. The van der Waals surface area contributed by atoms with Crippen LogP contribution in [0.4, 0.5) is 0 Å². The molecule has 1 radical (unpaired) electrons. The van der Waals surface area contributed by atoms with Gasteiger partial charge in [0.1, 0.15) is 11.5 Å². The van der Waals surface area contributed by atoms with E-state index in [0.29, 0.717) is 0 Å². The fraction of sp³-hybridized carbons (Fsp3) is 0.0909. The maximum Gasteiger partial charge on any atom is 0.239 e. The van der Waals surface area contributed by atoms with Crippen molar-refractivity contribution in [2.75, 3.05) is 0 Å². The van der Waals surface area contributed by atoms with Crippen molar-refractivity contribution in [2.24, 2.45) is 0 Å². The standard InChI is InChI=1S/C24H15BNO2.C20H18N.Ir/c1-15-10-12-19(26-14-15)16-11-13-22-23-24(16)28-21-9-5-3-7-18(21)25(23)17-6-2-4-8-20(17)27-22;1-14-9-10-18(20-11-15(2)16(3)13-21-20)12-19(14)17-7-5-4-6-8-17;/h2-10,12-14H,1H3;4-9,11-13H,1-3H3;/q2*-1;. The monoisotopic (exact) mass is 825 g/mol. The van der Waals surface area contributed by atoms with E-state index >= 15 is 0 Å². The van der Waals surface area contributed by atoms with Crippen LogP contribution in [0.1, 0.15) is 22.3 Å². The van der Waals surface area contributed by atoms with Gasteiger partial charge < -0.3 is 19.4 Å². The summed E-state index contributed by atoms with van der Waals surface area (Å²) in [5.41, 5.74) is 14.4. The molecule has 4 nitrogen and oxygen atoms in total. The molecule has 9 rings (SSSR count). The van der Waals surface area contributed by atoms with Crippen LogP contribution in [0.3, 0.4) is 0 Å². The van der Waals surface area contributed by atoms with Crippen molar-refractivity contribution in [3.8, 4) is 56.6 Å². The Bertz CT molecular complexity index is 2330. The summed E-state index contributed by atoms with van der Waals surface area (Å²) in [6, 6.07) is 45.9. The number of hydrogen-bond donors (Lipinski definition) is 0. The molecule has 0 amide bonds. The number of rotatable bonds is 3. The Kier molecular flexibility index (Phi) is 9.24. The molecule has 0 bridgehead atoms. The molecule has 0 saturated carbocycles. The molecule has 50 heavy (non-hydrogen) atoms. The van der Waals surface area contributed by atoms with E-state index in [9.17, 15) is 0 Å². The maximum atomic E-state index is 6.40. The van der Waals surface area contributed by atoms with Crippen LogP contribution < -0.4 is 25.9 Å². The minimum Gasteiger partial charge on any atom is -0.503 e. The normalized spacial score (nSPS) is 11.7. The summed E-state index contributed by atoms with van der Waals surface area (Å²) in [5.74, 6) is 3.34. The minimum absolute atomic E-state index is 0. The second-order valence-corrected chi connectivity index (χ2v) is 12.7. The number of aryl methyl sites for hydroxylation is 4. The predicted molar refractivity (Wildman–Crippen MR) is 199 cm³/mol. The number of fused-ring (bicyclic) bond motifs is 4. The second-order valence-electron chi connectivity index (χ2n) is 12.7. The first kappa shape index (κ1) is 33.2. The smallest absolute Gasteiger partial charge is 0.239 e. The number of hydrogen-bond acceptors (Lipinski definition) is 4. The van der Waals surface area contributed by atoms with Gasteiger partial charge in [-0.2, -0.15) is 0 Å². The SMILES string of the molecule is Cc1ccc(-c2[c-]cc3c4c2Oc2ccccc2B4c2ccccc2O3)nc1.Cc1cnc(-c2[c-]cc(C)c(-c3ccccc3)c2)cc1C.[Ir]. The molecule has 5 aromatic carbocycles. The Balaban J connectivity index is 0.000000161. The van der Waals surface area contributed by atoms with Gasteiger partial charge in [0, 0.05) is 44.0 Å². The van der Waals surface area contributed by atoms with Gasteiger partial charge in [0.15, 0.2) is 0 Å². The van der Waals surface area contributed by atoms with E-state index in [2.05, 4.69) is 116 Å². The zero-order valence-corrected chi connectivity index (χ0v) is 30.6. The molecule has 7 aromatic rings. The van der Waals surface area contributed by atoms with Gasteiger partial charge in [-0.25, -0.2) is 0 Å². The van der Waals surface area contributed by atoms with E-state index in [4.69, 9.17) is 9.47 Å². The van der Waals surface area contributed by atoms with Crippen LogP contribution >= 0.6 is 0 Å². The van der Waals surface area contributed by atoms with Crippen LogP contribution in [0.5, 0.6) is 23.0 Å². The largest absolute Gasteiger partial charge is 0.503 e. The molecule has 0 fully saturated rings. The Hall–Kier alpha value is -5.29. The zero-order valence-electron chi connectivity index (χ0n) is 28.2. The fourth-order valence-corrected chi connectivity index (χ4v) is 6.54. The quantitative estimate of drug-likeness (QED) is 0.132. The first-order chi connectivity index (χ1) is 23.9. The van der Waals surface area contributed by atoms with Gasteiger partial charge in [-0.05, 0) is 71.9 Å². The van der Waals surface area contributed by atoms with Crippen molar-refractivity contribution in [2.45, 2.75) is 27.7 Å². The van der Waals surface area contributed by atoms with Crippen molar-refractivity contribution in [3.05, 3.63) is 162 Å². The molecule has 4 heterocycles. The average Bonchev–Trinajstić information content (AvgIpc) is 3.14. The molecular formula is C44H33BIrN2O2-2. The van der Waals surface area contributed by atoms with Crippen molar-refractivity contribution >= 4 is 23.1 Å². The van der Waals surface area contributed by atoms with Gasteiger partial charge in [0.2, 0.25) is 6.71 Å². The Morgan fingerprint density at radius 2 is 1.26 bits per heavy atom. The Labute approximate surface area is 307 Å². The van der Waals surface area contributed by atoms with Gasteiger partial charge in [-0.15, -0.1) is 41.5 Å². The first-order valence-electron chi connectivity index (χ1n) is 16.5. The van der Waals surface area contributed by atoms with Crippen LogP contribution in [0.25, 0.3) is 33.6 Å². The minimum atomic E-state index is 0. The summed E-state index contributed by atoms with van der Waals surface area (Å²) in [4.78, 5) is 9.15. The van der Waals surface area contributed by atoms with Gasteiger partial charge in [-0.1, -0.05) is 114 Å². The zero-order chi connectivity index (χ0) is 33.5. The molecule has 2 aliphatic rings. The van der Waals surface area contributed by atoms with Gasteiger partial charge in [0.05, 0.1) is 0 Å². The van der Waals surface area contributed by atoms with Crippen molar-refractivity contribution in [3.63, 3.8) is 0 Å². The molecular weight excluding hydrogens is 792 g/mol. The molecule has 0 atom stereocenters.